The molecule has 5 heteroatoms. The highest BCUT2D eigenvalue weighted by Crippen LogP contribution is 1.98. The van der Waals surface area contributed by atoms with Crippen molar-refractivity contribution in [3.63, 3.8) is 0 Å². The van der Waals surface area contributed by atoms with Crippen molar-refractivity contribution in [2.24, 2.45) is 0 Å². The number of nitrogens with one attached hydrogen (secondary N) is 1. The lowest BCUT2D eigenvalue weighted by Crippen LogP contribution is -2.12. The number of carbonyl (C=O) groups is 1. The fraction of sp³-hybridized carbons (Fsp3) is 0.429. The molecule has 0 saturated heterocycles. The highest BCUT2D eigenvalue weighted by atomic mass is 16.4. The number of aromatic amines is 1. The van der Waals surface area contributed by atoms with Crippen molar-refractivity contribution in [1.29, 1.82) is 0 Å². The van der Waals surface area contributed by atoms with Crippen LogP contribution < -0.4 is 0 Å². The normalized spacial score (nSPS) is 10.6. The zero-order chi connectivity index (χ0) is 9.14. The molecule has 0 aliphatic rings. The van der Waals surface area contributed by atoms with Crippen LogP contribution in [-0.2, 0) is 6.54 Å². The first-order valence-electron chi connectivity index (χ1n) is 3.51. The highest BCUT2D eigenvalue weighted by Gasteiger charge is 2.06. The molecular formula is C7H11N3O2. The van der Waals surface area contributed by atoms with Gasteiger partial charge in [0.1, 0.15) is 11.5 Å². The molecule has 0 unspecified atom stereocenters. The first-order chi connectivity index (χ1) is 5.59. The van der Waals surface area contributed by atoms with E-state index >= 15 is 0 Å². The molecule has 12 heavy (non-hydrogen) atoms. The van der Waals surface area contributed by atoms with E-state index < -0.39 is 5.97 Å². The maximum atomic E-state index is 10.4. The van der Waals surface area contributed by atoms with Crippen LogP contribution in [0.15, 0.2) is 6.20 Å². The van der Waals surface area contributed by atoms with Gasteiger partial charge in [-0.1, -0.05) is 0 Å². The lowest BCUT2D eigenvalue weighted by molar-refractivity contribution is 0.0691. The molecule has 1 rings (SSSR count). The van der Waals surface area contributed by atoms with E-state index in [1.54, 1.807) is 0 Å². The van der Waals surface area contributed by atoms with Gasteiger partial charge < -0.3 is 15.0 Å². The van der Waals surface area contributed by atoms with Crippen molar-refractivity contribution in [2.75, 3.05) is 14.1 Å². The van der Waals surface area contributed by atoms with Crippen molar-refractivity contribution in [3.8, 4) is 0 Å². The zero-order valence-corrected chi connectivity index (χ0v) is 7.03. The number of hydrogen-bond donors (Lipinski definition) is 2. The SMILES string of the molecule is CN(C)Cc1ncc(C(=O)O)[nH]1. The van der Waals surface area contributed by atoms with Gasteiger partial charge in [0.2, 0.25) is 0 Å². The fourth-order valence-electron chi connectivity index (χ4n) is 0.851. The van der Waals surface area contributed by atoms with E-state index in [4.69, 9.17) is 5.11 Å². The Morgan fingerprint density at radius 2 is 2.42 bits per heavy atom. The minimum Gasteiger partial charge on any atom is -0.477 e. The molecule has 0 radical (unpaired) electrons. The van der Waals surface area contributed by atoms with Crippen molar-refractivity contribution in [3.05, 3.63) is 17.7 Å². The number of carboxylic acid groups (broad SMARTS) is 1. The van der Waals surface area contributed by atoms with E-state index in [1.165, 1.54) is 6.20 Å². The molecule has 1 aromatic rings. The van der Waals surface area contributed by atoms with Crippen LogP contribution in [0.2, 0.25) is 0 Å². The van der Waals surface area contributed by atoms with E-state index in [0.717, 1.165) is 0 Å². The third kappa shape index (κ3) is 2.06. The Morgan fingerprint density at radius 1 is 1.75 bits per heavy atom. The van der Waals surface area contributed by atoms with Gasteiger partial charge in [0.25, 0.3) is 0 Å². The second-order valence-corrected chi connectivity index (χ2v) is 2.79. The number of nitrogens with zero attached hydrogens (tertiary/aromatic N) is 2. The second-order valence-electron chi connectivity index (χ2n) is 2.79. The van der Waals surface area contributed by atoms with Crippen LogP contribution in [0.25, 0.3) is 0 Å². The largest absolute Gasteiger partial charge is 0.477 e. The van der Waals surface area contributed by atoms with Gasteiger partial charge >= 0.3 is 5.97 Å². The number of rotatable bonds is 3. The summed E-state index contributed by atoms with van der Waals surface area (Å²) in [6, 6.07) is 0. The van der Waals surface area contributed by atoms with Crippen LogP contribution in [-0.4, -0.2) is 40.0 Å². The van der Waals surface area contributed by atoms with Gasteiger partial charge in [-0.25, -0.2) is 9.78 Å². The number of imidazole rings is 1. The molecule has 0 bridgehead atoms. The van der Waals surface area contributed by atoms with Crippen molar-refractivity contribution in [2.45, 2.75) is 6.54 Å². The van der Waals surface area contributed by atoms with Gasteiger partial charge in [-0.3, -0.25) is 0 Å². The summed E-state index contributed by atoms with van der Waals surface area (Å²) in [6.45, 7) is 0.618. The Kier molecular flexibility index (Phi) is 2.44. The van der Waals surface area contributed by atoms with E-state index in [2.05, 4.69) is 9.97 Å². The Hall–Kier alpha value is -1.36. The lowest BCUT2D eigenvalue weighted by Gasteiger charge is -2.05. The third-order valence-electron chi connectivity index (χ3n) is 1.32. The van der Waals surface area contributed by atoms with E-state index in [9.17, 15) is 4.79 Å². The molecule has 0 amide bonds. The van der Waals surface area contributed by atoms with Gasteiger partial charge in [-0.05, 0) is 14.1 Å². The number of aromatic nitrogens is 2. The first-order valence-corrected chi connectivity index (χ1v) is 3.51. The van der Waals surface area contributed by atoms with Crippen molar-refractivity contribution in [1.82, 2.24) is 14.9 Å². The monoisotopic (exact) mass is 169 g/mol. The summed E-state index contributed by atoms with van der Waals surface area (Å²) < 4.78 is 0. The predicted molar refractivity (Wildman–Crippen MR) is 42.9 cm³/mol. The topological polar surface area (TPSA) is 69.2 Å². The summed E-state index contributed by atoms with van der Waals surface area (Å²) in [6.07, 6.45) is 1.32. The van der Waals surface area contributed by atoms with Gasteiger partial charge in [0, 0.05) is 0 Å². The van der Waals surface area contributed by atoms with Gasteiger partial charge in [-0.2, -0.15) is 0 Å². The molecule has 1 heterocycles. The quantitative estimate of drug-likeness (QED) is 0.676. The summed E-state index contributed by atoms with van der Waals surface area (Å²) in [5.74, 6) is -0.315. The van der Waals surface area contributed by atoms with Crippen molar-refractivity contribution >= 4 is 5.97 Å². The summed E-state index contributed by atoms with van der Waals surface area (Å²) in [5, 5.41) is 8.55. The standard InChI is InChI=1S/C7H11N3O2/c1-10(2)4-6-8-3-5(9-6)7(11)12/h3H,4H2,1-2H3,(H,8,9)(H,11,12). The Morgan fingerprint density at radius 3 is 2.83 bits per heavy atom. The molecule has 0 fully saturated rings. The maximum Gasteiger partial charge on any atom is 0.353 e. The Balaban J connectivity index is 2.71. The second kappa shape index (κ2) is 3.36. The number of aromatic carboxylic acids is 1. The van der Waals surface area contributed by atoms with Crippen LogP contribution >= 0.6 is 0 Å². The smallest absolute Gasteiger partial charge is 0.353 e. The molecule has 2 N–H and O–H groups in total. The van der Waals surface area contributed by atoms with Crippen molar-refractivity contribution < 1.29 is 9.90 Å². The molecule has 0 aliphatic heterocycles. The van der Waals surface area contributed by atoms with Crippen LogP contribution in [0.5, 0.6) is 0 Å². The minimum absolute atomic E-state index is 0.131. The van der Waals surface area contributed by atoms with Gasteiger partial charge in [-0.15, -0.1) is 0 Å². The average Bonchev–Trinajstić information content (AvgIpc) is 2.34. The lowest BCUT2D eigenvalue weighted by atomic mass is 10.5. The number of hydrogen-bond acceptors (Lipinski definition) is 3. The molecular weight excluding hydrogens is 158 g/mol. The third-order valence-corrected chi connectivity index (χ3v) is 1.32. The number of carboxylic acids is 1. The Labute approximate surface area is 70.0 Å². The van der Waals surface area contributed by atoms with Crippen LogP contribution in [0.3, 0.4) is 0 Å². The predicted octanol–water partition coefficient (Wildman–Crippen LogP) is 0.169. The molecule has 0 saturated carbocycles. The van der Waals surface area contributed by atoms with Gasteiger partial charge in [0.05, 0.1) is 12.7 Å². The molecule has 0 atom stereocenters. The highest BCUT2D eigenvalue weighted by molar-refractivity contribution is 5.84. The summed E-state index contributed by atoms with van der Waals surface area (Å²) in [7, 11) is 3.78. The average molecular weight is 169 g/mol. The molecule has 0 aliphatic carbocycles. The molecule has 0 aromatic carbocycles. The first kappa shape index (κ1) is 8.73. The van der Waals surface area contributed by atoms with Crippen LogP contribution in [0, 0.1) is 0 Å². The summed E-state index contributed by atoms with van der Waals surface area (Å²) >= 11 is 0. The van der Waals surface area contributed by atoms with Crippen LogP contribution in [0.4, 0.5) is 0 Å². The molecule has 5 nitrogen and oxygen atoms in total. The molecule has 0 spiro atoms. The summed E-state index contributed by atoms with van der Waals surface area (Å²) in [5.41, 5.74) is 0.131. The van der Waals surface area contributed by atoms with Crippen LogP contribution in [0.1, 0.15) is 16.3 Å². The molecule has 1 aromatic heterocycles. The van der Waals surface area contributed by atoms with E-state index in [0.29, 0.717) is 12.4 Å². The minimum atomic E-state index is -0.979. The van der Waals surface area contributed by atoms with Gasteiger partial charge in [0.15, 0.2) is 0 Å². The molecule has 66 valence electrons. The maximum absolute atomic E-state index is 10.4. The number of H-pyrrole nitrogens is 1. The Bertz CT molecular complexity index is 280. The zero-order valence-electron chi connectivity index (χ0n) is 7.03. The fourth-order valence-corrected chi connectivity index (χ4v) is 0.851. The van der Waals surface area contributed by atoms with E-state index in [-0.39, 0.29) is 5.69 Å². The van der Waals surface area contributed by atoms with E-state index in [1.807, 2.05) is 19.0 Å². The summed E-state index contributed by atoms with van der Waals surface area (Å²) in [4.78, 5) is 18.9.